The van der Waals surface area contributed by atoms with Crippen LogP contribution in [-0.2, 0) is 0 Å². The van der Waals surface area contributed by atoms with E-state index >= 15 is 0 Å². The highest BCUT2D eigenvalue weighted by Crippen LogP contribution is 2.31. The van der Waals surface area contributed by atoms with Crippen LogP contribution < -0.4 is 4.74 Å². The molecule has 0 aliphatic heterocycles. The van der Waals surface area contributed by atoms with Gasteiger partial charge < -0.3 is 9.84 Å². The molecule has 1 atom stereocenters. The van der Waals surface area contributed by atoms with Gasteiger partial charge in [-0.15, -0.1) is 0 Å². The second-order valence-electron chi connectivity index (χ2n) is 4.87. The van der Waals surface area contributed by atoms with E-state index in [4.69, 9.17) is 4.74 Å². The van der Waals surface area contributed by atoms with Crippen molar-refractivity contribution in [1.82, 2.24) is 4.98 Å². The first-order chi connectivity index (χ1) is 9.88. The second kappa shape index (κ2) is 5.88. The summed E-state index contributed by atoms with van der Waals surface area (Å²) >= 11 is 0. The highest BCUT2D eigenvalue weighted by atomic mass is 16.6. The van der Waals surface area contributed by atoms with Crippen molar-refractivity contribution in [3.8, 4) is 11.6 Å². The molecule has 1 aromatic heterocycles. The molecule has 2 aromatic rings. The smallest absolute Gasteiger partial charge is 0.272 e. The highest BCUT2D eigenvalue weighted by Gasteiger charge is 2.15. The standard InChI is InChI=1S/C15H16N2O4/c1-9-7-14(10(2)6-13(9)17(19)20)21-15-8-12(11(3)18)4-5-16-15/h4-8,11,18H,1-3H3. The van der Waals surface area contributed by atoms with Crippen molar-refractivity contribution in [2.45, 2.75) is 26.9 Å². The first kappa shape index (κ1) is 14.9. The number of nitro benzene ring substituents is 1. The summed E-state index contributed by atoms with van der Waals surface area (Å²) in [5.74, 6) is 0.845. The number of hydrogen-bond donors (Lipinski definition) is 1. The van der Waals surface area contributed by atoms with E-state index in [9.17, 15) is 15.2 Å². The largest absolute Gasteiger partial charge is 0.439 e. The van der Waals surface area contributed by atoms with Gasteiger partial charge in [-0.1, -0.05) is 0 Å². The number of nitrogens with zero attached hydrogens (tertiary/aromatic N) is 2. The number of aliphatic hydroxyl groups is 1. The maximum atomic E-state index is 10.9. The molecular formula is C15H16N2O4. The summed E-state index contributed by atoms with van der Waals surface area (Å²) in [6.45, 7) is 5.05. The molecule has 0 fully saturated rings. The molecule has 1 unspecified atom stereocenters. The fourth-order valence-corrected chi connectivity index (χ4v) is 1.93. The number of aryl methyl sites for hydroxylation is 2. The zero-order valence-corrected chi connectivity index (χ0v) is 12.0. The topological polar surface area (TPSA) is 85.5 Å². The van der Waals surface area contributed by atoms with Gasteiger partial charge in [0.2, 0.25) is 5.88 Å². The van der Waals surface area contributed by atoms with Gasteiger partial charge in [-0.25, -0.2) is 4.98 Å². The fraction of sp³-hybridized carbons (Fsp3) is 0.267. The minimum Gasteiger partial charge on any atom is -0.439 e. The SMILES string of the molecule is Cc1cc([N+](=O)[O-])c(C)cc1Oc1cc(C(C)O)ccn1. The minimum absolute atomic E-state index is 0.0607. The monoisotopic (exact) mass is 288 g/mol. The van der Waals surface area contributed by atoms with E-state index in [0.717, 1.165) is 0 Å². The van der Waals surface area contributed by atoms with Crippen LogP contribution in [0, 0.1) is 24.0 Å². The Balaban J connectivity index is 2.34. The van der Waals surface area contributed by atoms with Gasteiger partial charge in [-0.05, 0) is 44.0 Å². The van der Waals surface area contributed by atoms with E-state index in [-0.39, 0.29) is 5.69 Å². The number of pyridine rings is 1. The number of nitro groups is 1. The average Bonchev–Trinajstić information content (AvgIpc) is 2.42. The van der Waals surface area contributed by atoms with Crippen LogP contribution in [0.2, 0.25) is 0 Å². The van der Waals surface area contributed by atoms with E-state index in [2.05, 4.69) is 4.98 Å². The van der Waals surface area contributed by atoms with E-state index in [0.29, 0.717) is 28.3 Å². The summed E-state index contributed by atoms with van der Waals surface area (Å²) in [7, 11) is 0. The lowest BCUT2D eigenvalue weighted by Gasteiger charge is -2.11. The number of hydrogen-bond acceptors (Lipinski definition) is 5. The molecule has 0 bridgehead atoms. The van der Waals surface area contributed by atoms with Crippen LogP contribution in [0.25, 0.3) is 0 Å². The lowest BCUT2D eigenvalue weighted by molar-refractivity contribution is -0.385. The molecule has 0 amide bonds. The number of rotatable bonds is 4. The summed E-state index contributed by atoms with van der Waals surface area (Å²) < 4.78 is 5.67. The zero-order chi connectivity index (χ0) is 15.6. The van der Waals surface area contributed by atoms with Crippen LogP contribution in [0.15, 0.2) is 30.5 Å². The minimum atomic E-state index is -0.616. The summed E-state index contributed by atoms with van der Waals surface area (Å²) in [5, 5.41) is 20.4. The Hall–Kier alpha value is -2.47. The number of ether oxygens (including phenoxy) is 1. The molecule has 1 heterocycles. The first-order valence-corrected chi connectivity index (χ1v) is 6.46. The molecule has 1 aromatic carbocycles. The molecule has 6 nitrogen and oxygen atoms in total. The van der Waals surface area contributed by atoms with Crippen molar-refractivity contribution < 1.29 is 14.8 Å². The van der Waals surface area contributed by atoms with Crippen molar-refractivity contribution in [2.75, 3.05) is 0 Å². The molecule has 21 heavy (non-hydrogen) atoms. The Morgan fingerprint density at radius 3 is 2.62 bits per heavy atom. The quantitative estimate of drug-likeness (QED) is 0.688. The third kappa shape index (κ3) is 3.35. The normalized spacial score (nSPS) is 12.0. The maximum absolute atomic E-state index is 10.9. The van der Waals surface area contributed by atoms with Crippen molar-refractivity contribution in [1.29, 1.82) is 0 Å². The van der Waals surface area contributed by atoms with Crippen LogP contribution in [-0.4, -0.2) is 15.0 Å². The maximum Gasteiger partial charge on any atom is 0.272 e. The van der Waals surface area contributed by atoms with Crippen LogP contribution in [0.5, 0.6) is 11.6 Å². The van der Waals surface area contributed by atoms with Crippen LogP contribution in [0.1, 0.15) is 29.7 Å². The third-order valence-corrected chi connectivity index (χ3v) is 3.15. The molecular weight excluding hydrogens is 272 g/mol. The Kier molecular flexibility index (Phi) is 4.18. The van der Waals surface area contributed by atoms with Crippen molar-refractivity contribution in [3.05, 3.63) is 57.3 Å². The molecule has 1 N–H and O–H groups in total. The fourth-order valence-electron chi connectivity index (χ4n) is 1.93. The summed E-state index contributed by atoms with van der Waals surface area (Å²) in [6.07, 6.45) is 0.931. The van der Waals surface area contributed by atoms with Crippen LogP contribution in [0.4, 0.5) is 5.69 Å². The van der Waals surface area contributed by atoms with Gasteiger partial charge in [-0.3, -0.25) is 10.1 Å². The summed E-state index contributed by atoms with van der Waals surface area (Å²) in [5.41, 5.74) is 1.92. The van der Waals surface area contributed by atoms with Crippen LogP contribution in [0.3, 0.4) is 0 Å². The van der Waals surface area contributed by atoms with Crippen molar-refractivity contribution in [3.63, 3.8) is 0 Å². The molecule has 0 radical (unpaired) electrons. The van der Waals surface area contributed by atoms with Gasteiger partial charge in [0, 0.05) is 23.9 Å². The second-order valence-corrected chi connectivity index (χ2v) is 4.87. The van der Waals surface area contributed by atoms with E-state index in [1.54, 1.807) is 45.2 Å². The third-order valence-electron chi connectivity index (χ3n) is 3.15. The predicted octanol–water partition coefficient (Wildman–Crippen LogP) is 3.45. The van der Waals surface area contributed by atoms with E-state index in [1.807, 2.05) is 0 Å². The predicted molar refractivity (Wildman–Crippen MR) is 77.5 cm³/mol. The lowest BCUT2D eigenvalue weighted by Crippen LogP contribution is -1.97. The first-order valence-electron chi connectivity index (χ1n) is 6.46. The van der Waals surface area contributed by atoms with Gasteiger partial charge in [0.25, 0.3) is 5.69 Å². The average molecular weight is 288 g/mol. The number of benzene rings is 1. The zero-order valence-electron chi connectivity index (χ0n) is 12.0. The Morgan fingerprint density at radius 1 is 1.29 bits per heavy atom. The molecule has 0 spiro atoms. The molecule has 0 aliphatic carbocycles. The van der Waals surface area contributed by atoms with Crippen LogP contribution >= 0.6 is 0 Å². The van der Waals surface area contributed by atoms with Gasteiger partial charge in [0.1, 0.15) is 5.75 Å². The molecule has 6 heteroatoms. The molecule has 0 aliphatic rings. The van der Waals surface area contributed by atoms with Crippen molar-refractivity contribution >= 4 is 5.69 Å². The lowest BCUT2D eigenvalue weighted by atomic mass is 10.1. The Labute approximate surface area is 122 Å². The molecule has 0 saturated heterocycles. The summed E-state index contributed by atoms with van der Waals surface area (Å²) in [4.78, 5) is 14.5. The molecule has 0 saturated carbocycles. The Bertz CT molecular complexity index is 683. The van der Waals surface area contributed by atoms with E-state index < -0.39 is 11.0 Å². The molecule has 2 rings (SSSR count). The van der Waals surface area contributed by atoms with Gasteiger partial charge in [-0.2, -0.15) is 0 Å². The highest BCUT2D eigenvalue weighted by molar-refractivity contribution is 5.50. The van der Waals surface area contributed by atoms with Gasteiger partial charge >= 0.3 is 0 Å². The number of aromatic nitrogens is 1. The van der Waals surface area contributed by atoms with Crippen molar-refractivity contribution in [2.24, 2.45) is 0 Å². The van der Waals surface area contributed by atoms with Gasteiger partial charge in [0.15, 0.2) is 0 Å². The Morgan fingerprint density at radius 2 is 2.00 bits per heavy atom. The molecule has 110 valence electrons. The summed E-state index contributed by atoms with van der Waals surface area (Å²) in [6, 6.07) is 6.43. The van der Waals surface area contributed by atoms with Gasteiger partial charge in [0.05, 0.1) is 11.0 Å². The number of aliphatic hydroxyl groups excluding tert-OH is 1. The van der Waals surface area contributed by atoms with E-state index in [1.165, 1.54) is 6.07 Å².